The second-order valence-electron chi connectivity index (χ2n) is 6.24. The van der Waals surface area contributed by atoms with Crippen molar-refractivity contribution in [3.05, 3.63) is 42.0 Å². The topological polar surface area (TPSA) is 77.1 Å². The summed E-state index contributed by atoms with van der Waals surface area (Å²) in [5.74, 6) is 0.993. The number of benzene rings is 2. The van der Waals surface area contributed by atoms with Crippen molar-refractivity contribution < 1.29 is 22.6 Å². The van der Waals surface area contributed by atoms with Gasteiger partial charge in [-0.05, 0) is 19.1 Å². The summed E-state index contributed by atoms with van der Waals surface area (Å²) in [5.41, 5.74) is 2.16. The number of hydrogen-bond acceptors (Lipinski definition) is 6. The highest BCUT2D eigenvalue weighted by atomic mass is 32.2. The predicted octanol–water partition coefficient (Wildman–Crippen LogP) is 2.65. The van der Waals surface area contributed by atoms with Crippen molar-refractivity contribution in [2.45, 2.75) is 11.8 Å². The zero-order valence-corrected chi connectivity index (χ0v) is 16.5. The maximum Gasteiger partial charge on any atom is 0.262 e. The van der Waals surface area contributed by atoms with Crippen molar-refractivity contribution in [3.8, 4) is 11.5 Å². The van der Waals surface area contributed by atoms with Crippen LogP contribution in [0.3, 0.4) is 0 Å². The number of morpholine rings is 1. The minimum Gasteiger partial charge on any atom is -0.494 e. The Bertz CT molecular complexity index is 891. The van der Waals surface area contributed by atoms with Gasteiger partial charge in [-0.2, -0.15) is 0 Å². The Morgan fingerprint density at radius 1 is 1.00 bits per heavy atom. The SMILES string of the molecule is COc1cc(N2CCOCC2)c(OC)cc1NS(=O)(=O)c1ccc(C)cc1. The molecule has 1 aliphatic heterocycles. The summed E-state index contributed by atoms with van der Waals surface area (Å²) >= 11 is 0. The van der Waals surface area contributed by atoms with E-state index in [1.807, 2.05) is 6.92 Å². The third-order valence-electron chi connectivity index (χ3n) is 4.43. The molecule has 3 rings (SSSR count). The number of nitrogens with one attached hydrogen (secondary N) is 1. The quantitative estimate of drug-likeness (QED) is 0.814. The van der Waals surface area contributed by atoms with E-state index in [2.05, 4.69) is 9.62 Å². The van der Waals surface area contributed by atoms with Gasteiger partial charge >= 0.3 is 0 Å². The van der Waals surface area contributed by atoms with E-state index < -0.39 is 10.0 Å². The van der Waals surface area contributed by atoms with Gasteiger partial charge in [0.15, 0.2) is 0 Å². The summed E-state index contributed by atoms with van der Waals surface area (Å²) in [5, 5.41) is 0. The van der Waals surface area contributed by atoms with Crippen LogP contribution in [0.4, 0.5) is 11.4 Å². The second kappa shape index (κ2) is 8.06. The molecule has 2 aromatic carbocycles. The molecule has 2 aromatic rings. The molecule has 0 unspecified atom stereocenters. The summed E-state index contributed by atoms with van der Waals surface area (Å²) < 4.78 is 44.4. The first kappa shape index (κ1) is 19.3. The molecule has 7 nitrogen and oxygen atoms in total. The lowest BCUT2D eigenvalue weighted by Crippen LogP contribution is -2.36. The zero-order valence-electron chi connectivity index (χ0n) is 15.7. The average molecular weight is 392 g/mol. The average Bonchev–Trinajstić information content (AvgIpc) is 2.68. The highest BCUT2D eigenvalue weighted by Gasteiger charge is 2.22. The summed E-state index contributed by atoms with van der Waals surface area (Å²) in [4.78, 5) is 2.31. The molecule has 0 atom stereocenters. The van der Waals surface area contributed by atoms with Gasteiger partial charge < -0.3 is 19.1 Å². The number of hydrogen-bond donors (Lipinski definition) is 1. The molecule has 0 radical (unpaired) electrons. The molecule has 0 aliphatic carbocycles. The molecule has 1 saturated heterocycles. The molecule has 146 valence electrons. The Hall–Kier alpha value is -2.45. The van der Waals surface area contributed by atoms with E-state index in [4.69, 9.17) is 14.2 Å². The molecule has 1 N–H and O–H groups in total. The number of rotatable bonds is 6. The van der Waals surface area contributed by atoms with Gasteiger partial charge in [-0.15, -0.1) is 0 Å². The van der Waals surface area contributed by atoms with Crippen LogP contribution in [0.1, 0.15) is 5.56 Å². The minimum atomic E-state index is -3.74. The van der Waals surface area contributed by atoms with Gasteiger partial charge in [-0.3, -0.25) is 4.72 Å². The van der Waals surface area contributed by atoms with E-state index in [9.17, 15) is 8.42 Å². The fourth-order valence-electron chi connectivity index (χ4n) is 2.93. The van der Waals surface area contributed by atoms with Crippen LogP contribution in [0.25, 0.3) is 0 Å². The number of sulfonamides is 1. The molecule has 1 aliphatic rings. The van der Waals surface area contributed by atoms with E-state index in [1.54, 1.807) is 43.5 Å². The van der Waals surface area contributed by atoms with E-state index in [0.717, 1.165) is 24.3 Å². The lowest BCUT2D eigenvalue weighted by Gasteiger charge is -2.30. The normalized spacial score (nSPS) is 14.7. The van der Waals surface area contributed by atoms with Crippen LogP contribution in [0.2, 0.25) is 0 Å². The van der Waals surface area contributed by atoms with Gasteiger partial charge in [0, 0.05) is 25.2 Å². The van der Waals surface area contributed by atoms with E-state index in [-0.39, 0.29) is 4.90 Å². The summed E-state index contributed by atoms with van der Waals surface area (Å²) in [6.45, 7) is 4.63. The lowest BCUT2D eigenvalue weighted by atomic mass is 10.2. The number of ether oxygens (including phenoxy) is 3. The van der Waals surface area contributed by atoms with Crippen LogP contribution in [-0.2, 0) is 14.8 Å². The van der Waals surface area contributed by atoms with Gasteiger partial charge in [0.05, 0.1) is 43.7 Å². The number of methoxy groups -OCH3 is 2. The predicted molar refractivity (Wildman–Crippen MR) is 105 cm³/mol. The van der Waals surface area contributed by atoms with Crippen molar-refractivity contribution >= 4 is 21.4 Å². The summed E-state index contributed by atoms with van der Waals surface area (Å²) in [7, 11) is -0.676. The monoisotopic (exact) mass is 392 g/mol. The Kier molecular flexibility index (Phi) is 5.76. The number of anilines is 2. The molecule has 0 aromatic heterocycles. The van der Waals surface area contributed by atoms with E-state index in [0.29, 0.717) is 30.4 Å². The Morgan fingerprint density at radius 2 is 1.63 bits per heavy atom. The Balaban J connectivity index is 1.96. The first-order valence-corrected chi connectivity index (χ1v) is 10.1. The van der Waals surface area contributed by atoms with Gasteiger partial charge in [0.2, 0.25) is 0 Å². The van der Waals surface area contributed by atoms with Gasteiger partial charge in [-0.1, -0.05) is 17.7 Å². The van der Waals surface area contributed by atoms with Crippen LogP contribution < -0.4 is 19.1 Å². The van der Waals surface area contributed by atoms with Gasteiger partial charge in [0.25, 0.3) is 10.0 Å². The van der Waals surface area contributed by atoms with Crippen LogP contribution in [-0.4, -0.2) is 48.9 Å². The molecule has 0 saturated carbocycles. The number of nitrogens with zero attached hydrogens (tertiary/aromatic N) is 1. The molecular weight excluding hydrogens is 368 g/mol. The third-order valence-corrected chi connectivity index (χ3v) is 5.81. The second-order valence-corrected chi connectivity index (χ2v) is 7.92. The highest BCUT2D eigenvalue weighted by Crippen LogP contribution is 2.39. The van der Waals surface area contributed by atoms with E-state index in [1.165, 1.54) is 7.11 Å². The standard InChI is InChI=1S/C19H24N2O5S/c1-14-4-6-15(7-5-14)27(22,23)20-16-12-19(25-3)17(13-18(16)24-2)21-8-10-26-11-9-21/h4-7,12-13,20H,8-11H2,1-3H3. The molecule has 0 amide bonds. The molecule has 27 heavy (non-hydrogen) atoms. The van der Waals surface area contributed by atoms with E-state index >= 15 is 0 Å². The zero-order chi connectivity index (χ0) is 19.4. The van der Waals surface area contributed by atoms with Gasteiger partial charge in [-0.25, -0.2) is 8.42 Å². The lowest BCUT2D eigenvalue weighted by molar-refractivity contribution is 0.122. The first-order valence-electron chi connectivity index (χ1n) is 8.63. The van der Waals surface area contributed by atoms with Crippen molar-refractivity contribution in [1.29, 1.82) is 0 Å². The summed E-state index contributed by atoms with van der Waals surface area (Å²) in [6, 6.07) is 10.1. The largest absolute Gasteiger partial charge is 0.494 e. The first-order chi connectivity index (χ1) is 12.9. The minimum absolute atomic E-state index is 0.186. The van der Waals surface area contributed by atoms with Crippen molar-refractivity contribution in [1.82, 2.24) is 0 Å². The number of aryl methyl sites for hydroxylation is 1. The Morgan fingerprint density at radius 3 is 2.22 bits per heavy atom. The fraction of sp³-hybridized carbons (Fsp3) is 0.368. The van der Waals surface area contributed by atoms with Crippen LogP contribution >= 0.6 is 0 Å². The molecule has 0 spiro atoms. The fourth-order valence-corrected chi connectivity index (χ4v) is 4.00. The molecule has 1 heterocycles. The smallest absolute Gasteiger partial charge is 0.262 e. The van der Waals surface area contributed by atoms with Crippen LogP contribution in [0.5, 0.6) is 11.5 Å². The molecule has 8 heteroatoms. The maximum atomic E-state index is 12.7. The summed E-state index contributed by atoms with van der Waals surface area (Å²) in [6.07, 6.45) is 0. The molecule has 1 fully saturated rings. The Labute approximate surface area is 159 Å². The highest BCUT2D eigenvalue weighted by molar-refractivity contribution is 7.92. The van der Waals surface area contributed by atoms with Crippen LogP contribution in [0, 0.1) is 6.92 Å². The van der Waals surface area contributed by atoms with Crippen molar-refractivity contribution in [3.63, 3.8) is 0 Å². The van der Waals surface area contributed by atoms with Crippen molar-refractivity contribution in [2.75, 3.05) is 50.1 Å². The van der Waals surface area contributed by atoms with Crippen LogP contribution in [0.15, 0.2) is 41.3 Å². The van der Waals surface area contributed by atoms with Gasteiger partial charge in [0.1, 0.15) is 11.5 Å². The van der Waals surface area contributed by atoms with Crippen molar-refractivity contribution in [2.24, 2.45) is 0 Å². The molecule has 0 bridgehead atoms. The third kappa shape index (κ3) is 4.28. The maximum absolute atomic E-state index is 12.7. The molecular formula is C19H24N2O5S.